The van der Waals surface area contributed by atoms with Gasteiger partial charge in [-0.2, -0.15) is 11.8 Å². The van der Waals surface area contributed by atoms with Crippen LogP contribution in [0.15, 0.2) is 18.3 Å². The van der Waals surface area contributed by atoms with Crippen molar-refractivity contribution in [3.05, 3.63) is 24.0 Å². The first kappa shape index (κ1) is 10.8. The fraction of sp³-hybridized carbons (Fsp3) is 0.545. The predicted molar refractivity (Wildman–Crippen MR) is 64.4 cm³/mol. The number of aromatic nitrogens is 1. The number of thioether (sulfide) groups is 1. The molecule has 0 radical (unpaired) electrons. The van der Waals surface area contributed by atoms with Gasteiger partial charge in [-0.05, 0) is 19.1 Å². The van der Waals surface area contributed by atoms with E-state index in [1.807, 2.05) is 30.1 Å². The van der Waals surface area contributed by atoms with Gasteiger partial charge < -0.3 is 10.0 Å². The van der Waals surface area contributed by atoms with Gasteiger partial charge in [-0.3, -0.25) is 4.98 Å². The van der Waals surface area contributed by atoms with Crippen LogP contribution in [0.3, 0.4) is 0 Å². The van der Waals surface area contributed by atoms with Crippen LogP contribution in [0, 0.1) is 0 Å². The highest BCUT2D eigenvalue weighted by Gasteiger charge is 2.11. The van der Waals surface area contributed by atoms with Crippen molar-refractivity contribution in [1.29, 1.82) is 0 Å². The normalized spacial score (nSPS) is 18.9. The van der Waals surface area contributed by atoms with E-state index in [0.717, 1.165) is 18.8 Å². The van der Waals surface area contributed by atoms with Gasteiger partial charge in [0.2, 0.25) is 0 Å². The molecule has 1 aromatic rings. The molecule has 15 heavy (non-hydrogen) atoms. The molecule has 2 heterocycles. The molecule has 1 saturated heterocycles. The number of aliphatic hydroxyl groups excluding tert-OH is 1. The summed E-state index contributed by atoms with van der Waals surface area (Å²) in [6.07, 6.45) is 1.38. The minimum absolute atomic E-state index is 0.476. The maximum Gasteiger partial charge on any atom is 0.0931 e. The van der Waals surface area contributed by atoms with Crippen molar-refractivity contribution in [1.82, 2.24) is 4.98 Å². The van der Waals surface area contributed by atoms with E-state index in [2.05, 4.69) is 9.88 Å². The molecular formula is C11H16N2OS. The summed E-state index contributed by atoms with van der Waals surface area (Å²) >= 11 is 2.00. The molecule has 1 unspecified atom stereocenters. The van der Waals surface area contributed by atoms with Crippen LogP contribution >= 0.6 is 11.8 Å². The first-order valence-electron chi connectivity index (χ1n) is 5.24. The van der Waals surface area contributed by atoms with Gasteiger partial charge in [0, 0.05) is 24.6 Å². The lowest BCUT2D eigenvalue weighted by molar-refractivity contribution is 0.194. The molecule has 0 amide bonds. The molecule has 4 heteroatoms. The zero-order valence-corrected chi connectivity index (χ0v) is 9.70. The highest BCUT2D eigenvalue weighted by atomic mass is 32.2. The molecule has 0 saturated carbocycles. The van der Waals surface area contributed by atoms with Crippen molar-refractivity contribution >= 4 is 17.4 Å². The van der Waals surface area contributed by atoms with Crippen LogP contribution in [-0.4, -0.2) is 34.7 Å². The van der Waals surface area contributed by atoms with Crippen LogP contribution in [0.25, 0.3) is 0 Å². The number of pyridine rings is 1. The molecule has 1 fully saturated rings. The lowest BCUT2D eigenvalue weighted by atomic mass is 10.2. The fourth-order valence-electron chi connectivity index (χ4n) is 1.65. The van der Waals surface area contributed by atoms with Gasteiger partial charge in [-0.15, -0.1) is 0 Å². The molecule has 3 nitrogen and oxygen atoms in total. The van der Waals surface area contributed by atoms with E-state index >= 15 is 0 Å². The van der Waals surface area contributed by atoms with Crippen molar-refractivity contribution in [2.24, 2.45) is 0 Å². The molecule has 1 aliphatic heterocycles. The van der Waals surface area contributed by atoms with Crippen LogP contribution in [0.1, 0.15) is 18.7 Å². The van der Waals surface area contributed by atoms with Gasteiger partial charge in [-0.25, -0.2) is 0 Å². The fourth-order valence-corrected chi connectivity index (χ4v) is 2.56. The van der Waals surface area contributed by atoms with Crippen LogP contribution in [0.4, 0.5) is 5.69 Å². The first-order chi connectivity index (χ1) is 7.27. The van der Waals surface area contributed by atoms with E-state index in [0.29, 0.717) is 0 Å². The van der Waals surface area contributed by atoms with E-state index in [-0.39, 0.29) is 0 Å². The molecule has 1 N–H and O–H groups in total. The summed E-state index contributed by atoms with van der Waals surface area (Å²) in [6, 6.07) is 3.95. The molecule has 82 valence electrons. The van der Waals surface area contributed by atoms with Gasteiger partial charge in [0.15, 0.2) is 0 Å². The Hall–Kier alpha value is -0.740. The van der Waals surface area contributed by atoms with Gasteiger partial charge in [0.1, 0.15) is 0 Å². The third kappa shape index (κ3) is 2.63. The topological polar surface area (TPSA) is 36.4 Å². The number of rotatable bonds is 2. The van der Waals surface area contributed by atoms with Gasteiger partial charge >= 0.3 is 0 Å². The second-order valence-corrected chi connectivity index (χ2v) is 4.94. The monoisotopic (exact) mass is 224 g/mol. The number of hydrogen-bond acceptors (Lipinski definition) is 4. The summed E-state index contributed by atoms with van der Waals surface area (Å²) in [7, 11) is 0. The minimum Gasteiger partial charge on any atom is -0.387 e. The summed E-state index contributed by atoms with van der Waals surface area (Å²) in [6.45, 7) is 3.93. The van der Waals surface area contributed by atoms with E-state index in [9.17, 15) is 5.11 Å². The average molecular weight is 224 g/mol. The van der Waals surface area contributed by atoms with Crippen molar-refractivity contribution < 1.29 is 5.11 Å². The molecule has 2 rings (SSSR count). The standard InChI is InChI=1S/C11H16N2OS/c1-9(14)11-3-2-10(8-12-11)13-4-6-15-7-5-13/h2-3,8-9,14H,4-7H2,1H3. The average Bonchev–Trinajstić information content (AvgIpc) is 2.30. The highest BCUT2D eigenvalue weighted by molar-refractivity contribution is 7.99. The van der Waals surface area contributed by atoms with Crippen molar-refractivity contribution in [2.75, 3.05) is 29.5 Å². The number of hydrogen-bond donors (Lipinski definition) is 1. The summed E-state index contributed by atoms with van der Waals surface area (Å²) in [5, 5.41) is 9.35. The van der Waals surface area contributed by atoms with Crippen molar-refractivity contribution in [2.45, 2.75) is 13.0 Å². The Kier molecular flexibility index (Phi) is 3.49. The second-order valence-electron chi connectivity index (χ2n) is 3.72. The predicted octanol–water partition coefficient (Wildman–Crippen LogP) is 1.69. The third-order valence-electron chi connectivity index (χ3n) is 2.58. The third-order valence-corrected chi connectivity index (χ3v) is 3.52. The van der Waals surface area contributed by atoms with E-state index in [1.165, 1.54) is 17.2 Å². The summed E-state index contributed by atoms with van der Waals surface area (Å²) in [5.74, 6) is 2.39. The molecule has 1 aromatic heterocycles. The summed E-state index contributed by atoms with van der Waals surface area (Å²) in [5.41, 5.74) is 1.91. The van der Waals surface area contributed by atoms with E-state index < -0.39 is 6.10 Å². The maximum atomic E-state index is 9.35. The molecule has 1 aliphatic rings. The Morgan fingerprint density at radius 3 is 2.67 bits per heavy atom. The van der Waals surface area contributed by atoms with Gasteiger partial charge in [0.05, 0.1) is 23.7 Å². The Morgan fingerprint density at radius 1 is 1.40 bits per heavy atom. The van der Waals surface area contributed by atoms with E-state index in [1.54, 1.807) is 6.92 Å². The SMILES string of the molecule is CC(O)c1ccc(N2CCSCC2)cn1. The number of anilines is 1. The summed E-state index contributed by atoms with van der Waals surface area (Å²) in [4.78, 5) is 6.60. The first-order valence-corrected chi connectivity index (χ1v) is 6.39. The second kappa shape index (κ2) is 4.86. The summed E-state index contributed by atoms with van der Waals surface area (Å²) < 4.78 is 0. The van der Waals surface area contributed by atoms with Crippen LogP contribution in [0.2, 0.25) is 0 Å². The Bertz CT molecular complexity index is 307. The quantitative estimate of drug-likeness (QED) is 0.829. The lowest BCUT2D eigenvalue weighted by Gasteiger charge is -2.28. The number of nitrogens with zero attached hydrogens (tertiary/aromatic N) is 2. The molecule has 0 bridgehead atoms. The van der Waals surface area contributed by atoms with Crippen LogP contribution in [-0.2, 0) is 0 Å². The van der Waals surface area contributed by atoms with Crippen molar-refractivity contribution in [3.63, 3.8) is 0 Å². The minimum atomic E-state index is -0.476. The highest BCUT2D eigenvalue weighted by Crippen LogP contribution is 2.19. The van der Waals surface area contributed by atoms with Crippen LogP contribution in [0.5, 0.6) is 0 Å². The molecule has 0 aliphatic carbocycles. The van der Waals surface area contributed by atoms with Crippen LogP contribution < -0.4 is 4.90 Å². The maximum absolute atomic E-state index is 9.35. The van der Waals surface area contributed by atoms with Crippen molar-refractivity contribution in [3.8, 4) is 0 Å². The Labute approximate surface area is 94.5 Å². The molecular weight excluding hydrogens is 208 g/mol. The van der Waals surface area contributed by atoms with E-state index in [4.69, 9.17) is 0 Å². The number of aliphatic hydroxyl groups is 1. The zero-order valence-electron chi connectivity index (χ0n) is 8.89. The smallest absolute Gasteiger partial charge is 0.0931 e. The molecule has 0 aromatic carbocycles. The largest absolute Gasteiger partial charge is 0.387 e. The van der Waals surface area contributed by atoms with Gasteiger partial charge in [0.25, 0.3) is 0 Å². The zero-order chi connectivity index (χ0) is 10.7. The molecule has 0 spiro atoms. The molecule has 1 atom stereocenters. The Morgan fingerprint density at radius 2 is 2.13 bits per heavy atom. The Balaban J connectivity index is 2.08. The van der Waals surface area contributed by atoms with Gasteiger partial charge in [-0.1, -0.05) is 0 Å². The lowest BCUT2D eigenvalue weighted by Crippen LogP contribution is -2.32.